The molecule has 2 aromatic heterocycles. The van der Waals surface area contributed by atoms with Gasteiger partial charge in [-0.2, -0.15) is 9.61 Å². The van der Waals surface area contributed by atoms with E-state index in [1.807, 2.05) is 41.8 Å². The quantitative estimate of drug-likeness (QED) is 0.509. The van der Waals surface area contributed by atoms with Gasteiger partial charge in [0, 0.05) is 42.5 Å². The number of ether oxygens (including phenoxy) is 1. The molecule has 0 aliphatic carbocycles. The number of hydrogen-bond acceptors (Lipinski definition) is 6. The van der Waals surface area contributed by atoms with Gasteiger partial charge < -0.3 is 9.64 Å². The summed E-state index contributed by atoms with van der Waals surface area (Å²) < 4.78 is 6.97. The summed E-state index contributed by atoms with van der Waals surface area (Å²) in [7, 11) is 0. The molecule has 0 spiro atoms. The molecular formula is C23H24N6O2. The molecule has 1 fully saturated rings. The molecule has 0 unspecified atom stereocenters. The van der Waals surface area contributed by atoms with Crippen LogP contribution in [0, 0.1) is 0 Å². The number of fused-ring (bicyclic) bond motifs is 3. The fourth-order valence-corrected chi connectivity index (χ4v) is 4.03. The van der Waals surface area contributed by atoms with Crippen molar-refractivity contribution in [3.63, 3.8) is 0 Å². The number of carbonyl (C=O) groups is 1. The van der Waals surface area contributed by atoms with Crippen molar-refractivity contribution in [1.82, 2.24) is 29.6 Å². The molecule has 0 radical (unpaired) electrons. The Kier molecular flexibility index (Phi) is 5.21. The molecule has 0 atom stereocenters. The molecule has 1 aliphatic heterocycles. The molecule has 8 nitrogen and oxygen atoms in total. The predicted octanol–water partition coefficient (Wildman–Crippen LogP) is 3.22. The van der Waals surface area contributed by atoms with Crippen LogP contribution in [0.5, 0.6) is 0 Å². The van der Waals surface area contributed by atoms with Gasteiger partial charge in [-0.05, 0) is 6.92 Å². The van der Waals surface area contributed by atoms with Gasteiger partial charge in [-0.25, -0.2) is 4.79 Å². The van der Waals surface area contributed by atoms with E-state index in [9.17, 15) is 4.79 Å². The fraction of sp³-hybridized carbons (Fsp3) is 0.304. The summed E-state index contributed by atoms with van der Waals surface area (Å²) in [6.07, 6.45) is -0.240. The molecule has 3 heterocycles. The molecule has 5 rings (SSSR count). The van der Waals surface area contributed by atoms with Gasteiger partial charge >= 0.3 is 6.09 Å². The highest BCUT2D eigenvalue weighted by atomic mass is 16.6. The zero-order valence-corrected chi connectivity index (χ0v) is 17.4. The van der Waals surface area contributed by atoms with Crippen LogP contribution in [-0.4, -0.2) is 68.5 Å². The molecule has 158 valence electrons. The highest BCUT2D eigenvalue weighted by Crippen LogP contribution is 2.29. The minimum atomic E-state index is -0.240. The maximum Gasteiger partial charge on any atom is 0.409 e. The van der Waals surface area contributed by atoms with E-state index in [1.165, 1.54) is 0 Å². The summed E-state index contributed by atoms with van der Waals surface area (Å²) in [6, 6.07) is 18.4. The lowest BCUT2D eigenvalue weighted by Crippen LogP contribution is -2.48. The van der Waals surface area contributed by atoms with E-state index in [2.05, 4.69) is 39.4 Å². The normalized spacial score (nSPS) is 14.9. The molecule has 0 N–H and O–H groups in total. The second-order valence-electron chi connectivity index (χ2n) is 7.57. The number of nitrogens with zero attached hydrogens (tertiary/aromatic N) is 6. The van der Waals surface area contributed by atoms with Crippen molar-refractivity contribution >= 4 is 22.5 Å². The monoisotopic (exact) mass is 416 g/mol. The molecule has 0 saturated carbocycles. The van der Waals surface area contributed by atoms with Crippen LogP contribution in [0.15, 0.2) is 54.6 Å². The second-order valence-corrected chi connectivity index (χ2v) is 7.57. The molecule has 8 heteroatoms. The lowest BCUT2D eigenvalue weighted by Gasteiger charge is -2.33. The summed E-state index contributed by atoms with van der Waals surface area (Å²) in [6.45, 7) is 5.64. The average Bonchev–Trinajstić information content (AvgIpc) is 3.22. The molecule has 31 heavy (non-hydrogen) atoms. The van der Waals surface area contributed by atoms with E-state index in [0.717, 1.165) is 46.6 Å². The number of rotatable bonds is 4. The van der Waals surface area contributed by atoms with Crippen LogP contribution in [0.2, 0.25) is 0 Å². The van der Waals surface area contributed by atoms with E-state index >= 15 is 0 Å². The summed E-state index contributed by atoms with van der Waals surface area (Å²) in [5, 5.41) is 16.0. The van der Waals surface area contributed by atoms with Crippen molar-refractivity contribution < 1.29 is 9.53 Å². The Labute approximate surface area is 180 Å². The molecular weight excluding hydrogens is 392 g/mol. The Balaban J connectivity index is 1.46. The van der Waals surface area contributed by atoms with Crippen LogP contribution in [-0.2, 0) is 11.3 Å². The smallest absolute Gasteiger partial charge is 0.409 e. The van der Waals surface area contributed by atoms with E-state index in [4.69, 9.17) is 9.84 Å². The van der Waals surface area contributed by atoms with Crippen molar-refractivity contribution in [3.05, 3.63) is 60.4 Å². The third-order valence-electron chi connectivity index (χ3n) is 5.64. The number of aromatic nitrogens is 4. The first-order valence-corrected chi connectivity index (χ1v) is 10.6. The van der Waals surface area contributed by atoms with Crippen molar-refractivity contribution in [1.29, 1.82) is 0 Å². The zero-order valence-electron chi connectivity index (χ0n) is 17.4. The van der Waals surface area contributed by atoms with Gasteiger partial charge in [-0.15, -0.1) is 10.2 Å². The van der Waals surface area contributed by atoms with Crippen molar-refractivity contribution in [2.75, 3.05) is 32.8 Å². The first-order valence-electron chi connectivity index (χ1n) is 10.6. The molecule has 0 bridgehead atoms. The van der Waals surface area contributed by atoms with Crippen molar-refractivity contribution in [3.8, 4) is 11.3 Å². The van der Waals surface area contributed by atoms with Gasteiger partial charge in [0.2, 0.25) is 0 Å². The summed E-state index contributed by atoms with van der Waals surface area (Å²) in [5.41, 5.74) is 2.73. The van der Waals surface area contributed by atoms with Gasteiger partial charge in [0.15, 0.2) is 11.5 Å². The molecule has 1 aliphatic rings. The molecule has 2 aromatic carbocycles. The average molecular weight is 416 g/mol. The number of carbonyl (C=O) groups excluding carboxylic acids is 1. The molecule has 1 amide bonds. The zero-order chi connectivity index (χ0) is 21.2. The Morgan fingerprint density at radius 1 is 0.935 bits per heavy atom. The van der Waals surface area contributed by atoms with Crippen LogP contribution < -0.4 is 0 Å². The van der Waals surface area contributed by atoms with Crippen LogP contribution >= 0.6 is 0 Å². The SMILES string of the molecule is CCOC(=O)N1CCN(Cc2nnc3c4ccccc4c(-c4ccccc4)nn23)CC1. The van der Waals surface area contributed by atoms with Crippen LogP contribution in [0.25, 0.3) is 27.7 Å². The van der Waals surface area contributed by atoms with Gasteiger partial charge in [0.05, 0.1) is 18.8 Å². The van der Waals surface area contributed by atoms with E-state index in [-0.39, 0.29) is 6.09 Å². The summed E-state index contributed by atoms with van der Waals surface area (Å²) >= 11 is 0. The van der Waals surface area contributed by atoms with Crippen LogP contribution in [0.4, 0.5) is 4.79 Å². The van der Waals surface area contributed by atoms with Crippen molar-refractivity contribution in [2.24, 2.45) is 0 Å². The third kappa shape index (κ3) is 3.70. The predicted molar refractivity (Wildman–Crippen MR) is 118 cm³/mol. The fourth-order valence-electron chi connectivity index (χ4n) is 4.03. The second kappa shape index (κ2) is 8.31. The number of hydrogen-bond donors (Lipinski definition) is 0. The Bertz CT molecular complexity index is 1210. The lowest BCUT2D eigenvalue weighted by molar-refractivity contribution is 0.0770. The summed E-state index contributed by atoms with van der Waals surface area (Å²) in [4.78, 5) is 16.0. The third-order valence-corrected chi connectivity index (χ3v) is 5.64. The largest absolute Gasteiger partial charge is 0.450 e. The van der Waals surface area contributed by atoms with Crippen LogP contribution in [0.1, 0.15) is 12.7 Å². The van der Waals surface area contributed by atoms with E-state index in [1.54, 1.807) is 4.90 Å². The topological polar surface area (TPSA) is 75.9 Å². The van der Waals surface area contributed by atoms with E-state index < -0.39 is 0 Å². The summed E-state index contributed by atoms with van der Waals surface area (Å²) in [5.74, 6) is 0.794. The van der Waals surface area contributed by atoms with Gasteiger partial charge in [-0.1, -0.05) is 54.6 Å². The minimum Gasteiger partial charge on any atom is -0.450 e. The van der Waals surface area contributed by atoms with Crippen molar-refractivity contribution in [2.45, 2.75) is 13.5 Å². The number of piperazine rings is 1. The lowest BCUT2D eigenvalue weighted by atomic mass is 10.1. The Morgan fingerprint density at radius 3 is 2.39 bits per heavy atom. The first kappa shape index (κ1) is 19.4. The Morgan fingerprint density at radius 2 is 1.65 bits per heavy atom. The first-order chi connectivity index (χ1) is 15.2. The minimum absolute atomic E-state index is 0.240. The maximum atomic E-state index is 11.9. The van der Waals surface area contributed by atoms with Gasteiger partial charge in [0.1, 0.15) is 0 Å². The standard InChI is InChI=1S/C23H24N6O2/c1-2-31-23(30)28-14-12-27(13-15-28)16-20-24-25-22-19-11-7-6-10-18(19)21(26-29(20)22)17-8-4-3-5-9-17/h3-11H,2,12-16H2,1H3. The van der Waals surface area contributed by atoms with Gasteiger partial charge in [0.25, 0.3) is 0 Å². The number of amides is 1. The molecule has 4 aromatic rings. The van der Waals surface area contributed by atoms with E-state index in [0.29, 0.717) is 26.2 Å². The maximum absolute atomic E-state index is 11.9. The van der Waals surface area contributed by atoms with Crippen LogP contribution in [0.3, 0.4) is 0 Å². The highest BCUT2D eigenvalue weighted by Gasteiger charge is 2.24. The van der Waals surface area contributed by atoms with Gasteiger partial charge in [-0.3, -0.25) is 4.90 Å². The molecule has 1 saturated heterocycles. The Hall–Kier alpha value is -3.52. The number of benzene rings is 2. The highest BCUT2D eigenvalue weighted by molar-refractivity contribution is 6.01.